The van der Waals surface area contributed by atoms with Crippen LogP contribution in [0, 0.1) is 6.92 Å². The number of nitrogens with zero attached hydrogens (tertiary/aromatic N) is 2. The van der Waals surface area contributed by atoms with E-state index in [1.54, 1.807) is 34.6 Å². The molecule has 0 unspecified atom stereocenters. The van der Waals surface area contributed by atoms with Crippen molar-refractivity contribution in [2.24, 2.45) is 7.05 Å². The smallest absolute Gasteiger partial charge is 0.349 e. The molecular formula is C28H29N3O4. The van der Waals surface area contributed by atoms with Gasteiger partial charge in [-0.15, -0.1) is 0 Å². The van der Waals surface area contributed by atoms with E-state index in [0.29, 0.717) is 5.82 Å². The normalized spacial score (nSPS) is 11.1. The molecule has 0 saturated carbocycles. The lowest BCUT2D eigenvalue weighted by molar-refractivity contribution is 0.414. The number of aryl methyl sites for hydroxylation is 2. The topological polar surface area (TPSA) is 74.6 Å². The van der Waals surface area contributed by atoms with E-state index >= 15 is 0 Å². The van der Waals surface area contributed by atoms with E-state index in [1.807, 2.05) is 79.7 Å². The van der Waals surface area contributed by atoms with Crippen molar-refractivity contribution in [1.29, 1.82) is 0 Å². The largest absolute Gasteiger partial charge is 0.497 e. The Morgan fingerprint density at radius 3 is 1.43 bits per heavy atom. The Kier molecular flexibility index (Phi) is 6.78. The third-order valence-corrected chi connectivity index (χ3v) is 6.14. The van der Waals surface area contributed by atoms with Crippen LogP contribution >= 0.6 is 0 Å². The van der Waals surface area contributed by atoms with Crippen molar-refractivity contribution in [1.82, 2.24) is 9.55 Å². The lowest BCUT2D eigenvalue weighted by Gasteiger charge is -2.38. The van der Waals surface area contributed by atoms with Crippen LogP contribution in [0.3, 0.4) is 0 Å². The summed E-state index contributed by atoms with van der Waals surface area (Å²) in [6, 6.07) is 23.6. The van der Waals surface area contributed by atoms with Gasteiger partial charge in [-0.05, 0) is 60.0 Å². The summed E-state index contributed by atoms with van der Waals surface area (Å²) in [6.07, 6.45) is 1.78. The second kappa shape index (κ2) is 9.93. The summed E-state index contributed by atoms with van der Waals surface area (Å²) in [5, 5.41) is 3.64. The molecule has 4 aromatic rings. The molecule has 0 bridgehead atoms. The van der Waals surface area contributed by atoms with Crippen molar-refractivity contribution in [3.05, 3.63) is 112 Å². The SMILES string of the molecule is COc1ccc(C(Nc2nc(=O)n(C)cc2C)(c2ccc(OC)cc2)c2ccc(OC)cc2)cc1. The third-order valence-electron chi connectivity index (χ3n) is 6.14. The predicted octanol–water partition coefficient (Wildman–Crippen LogP) is 4.52. The molecule has 0 radical (unpaired) electrons. The molecule has 1 N–H and O–H groups in total. The van der Waals surface area contributed by atoms with E-state index in [-0.39, 0.29) is 5.69 Å². The number of anilines is 1. The standard InChI is InChI=1S/C28H29N3O4/c1-19-18-31(2)27(32)29-26(19)30-28(20-6-12-23(33-3)13-7-20,21-8-14-24(34-4)15-9-21)22-10-16-25(35-5)17-11-22/h6-18H,1-5H3,(H,29,30,32). The summed E-state index contributed by atoms with van der Waals surface area (Å²) in [5.74, 6) is 2.73. The lowest BCUT2D eigenvalue weighted by atomic mass is 9.76. The highest BCUT2D eigenvalue weighted by molar-refractivity contribution is 5.60. The molecule has 7 nitrogen and oxygen atoms in total. The highest BCUT2D eigenvalue weighted by atomic mass is 16.5. The first-order valence-electron chi connectivity index (χ1n) is 11.2. The van der Waals surface area contributed by atoms with E-state index in [9.17, 15) is 4.79 Å². The lowest BCUT2D eigenvalue weighted by Crippen LogP contribution is -2.39. The van der Waals surface area contributed by atoms with Gasteiger partial charge in [-0.1, -0.05) is 36.4 Å². The van der Waals surface area contributed by atoms with Crippen molar-refractivity contribution in [3.8, 4) is 17.2 Å². The molecule has 3 aromatic carbocycles. The van der Waals surface area contributed by atoms with Gasteiger partial charge < -0.3 is 24.1 Å². The zero-order chi connectivity index (χ0) is 25.0. The van der Waals surface area contributed by atoms with Gasteiger partial charge in [0.05, 0.1) is 21.3 Å². The van der Waals surface area contributed by atoms with Crippen molar-refractivity contribution in [2.75, 3.05) is 26.6 Å². The summed E-state index contributed by atoms with van der Waals surface area (Å²) >= 11 is 0. The van der Waals surface area contributed by atoms with Gasteiger partial charge in [0.2, 0.25) is 0 Å². The van der Waals surface area contributed by atoms with Gasteiger partial charge >= 0.3 is 5.69 Å². The molecular weight excluding hydrogens is 442 g/mol. The molecule has 0 aliphatic rings. The number of aromatic nitrogens is 2. The Morgan fingerprint density at radius 1 is 0.714 bits per heavy atom. The second-order valence-electron chi connectivity index (χ2n) is 8.23. The maximum absolute atomic E-state index is 12.5. The number of rotatable bonds is 8. The van der Waals surface area contributed by atoms with E-state index in [1.165, 1.54) is 4.57 Å². The van der Waals surface area contributed by atoms with Crippen molar-refractivity contribution in [3.63, 3.8) is 0 Å². The van der Waals surface area contributed by atoms with E-state index in [4.69, 9.17) is 14.2 Å². The molecule has 1 aromatic heterocycles. The van der Waals surface area contributed by atoms with E-state index < -0.39 is 5.54 Å². The van der Waals surface area contributed by atoms with Gasteiger partial charge in [0.25, 0.3) is 0 Å². The van der Waals surface area contributed by atoms with Gasteiger partial charge in [-0.3, -0.25) is 0 Å². The van der Waals surface area contributed by atoms with Crippen LogP contribution in [0.15, 0.2) is 83.8 Å². The summed E-state index contributed by atoms with van der Waals surface area (Å²) in [5.41, 5.74) is 2.43. The number of benzene rings is 3. The summed E-state index contributed by atoms with van der Waals surface area (Å²) in [4.78, 5) is 16.9. The first-order chi connectivity index (χ1) is 16.9. The molecule has 0 amide bonds. The van der Waals surface area contributed by atoms with Gasteiger partial charge in [-0.2, -0.15) is 4.98 Å². The van der Waals surface area contributed by atoms with Crippen LogP contribution in [0.2, 0.25) is 0 Å². The molecule has 0 fully saturated rings. The molecule has 35 heavy (non-hydrogen) atoms. The van der Waals surface area contributed by atoms with E-state index in [2.05, 4.69) is 10.3 Å². The fraction of sp³-hybridized carbons (Fsp3) is 0.214. The van der Waals surface area contributed by atoms with Crippen LogP contribution in [-0.2, 0) is 12.6 Å². The number of ether oxygens (including phenoxy) is 3. The third kappa shape index (κ3) is 4.57. The predicted molar refractivity (Wildman–Crippen MR) is 137 cm³/mol. The Bertz CT molecular complexity index is 1230. The quantitative estimate of drug-likeness (QED) is 0.381. The maximum atomic E-state index is 12.5. The zero-order valence-electron chi connectivity index (χ0n) is 20.5. The monoisotopic (exact) mass is 471 g/mol. The van der Waals surface area contributed by atoms with E-state index in [0.717, 1.165) is 39.5 Å². The number of hydrogen-bond acceptors (Lipinski definition) is 6. The molecule has 1 heterocycles. The molecule has 0 spiro atoms. The van der Waals surface area contributed by atoms with Crippen LogP contribution < -0.4 is 25.2 Å². The Balaban J connectivity index is 2.03. The fourth-order valence-corrected chi connectivity index (χ4v) is 4.21. The van der Waals surface area contributed by atoms with Crippen molar-refractivity contribution >= 4 is 5.82 Å². The molecule has 7 heteroatoms. The van der Waals surface area contributed by atoms with Crippen molar-refractivity contribution in [2.45, 2.75) is 12.5 Å². The van der Waals surface area contributed by atoms with Crippen LogP contribution in [0.25, 0.3) is 0 Å². The summed E-state index contributed by atoms with van der Waals surface area (Å²) in [6.45, 7) is 1.93. The maximum Gasteiger partial charge on any atom is 0.349 e. The highest BCUT2D eigenvalue weighted by Crippen LogP contribution is 2.41. The Labute approximate surface area is 204 Å². The van der Waals surface area contributed by atoms with Crippen LogP contribution in [0.1, 0.15) is 22.3 Å². The first-order valence-corrected chi connectivity index (χ1v) is 11.2. The van der Waals surface area contributed by atoms with Crippen molar-refractivity contribution < 1.29 is 14.2 Å². The van der Waals surface area contributed by atoms with Crippen LogP contribution in [0.5, 0.6) is 17.2 Å². The number of hydrogen-bond donors (Lipinski definition) is 1. The Hall–Kier alpha value is -4.26. The van der Waals surface area contributed by atoms with Gasteiger partial charge in [0, 0.05) is 18.8 Å². The van der Waals surface area contributed by atoms with Crippen LogP contribution in [-0.4, -0.2) is 30.9 Å². The fourth-order valence-electron chi connectivity index (χ4n) is 4.21. The zero-order valence-corrected chi connectivity index (χ0v) is 20.5. The molecule has 0 atom stereocenters. The molecule has 180 valence electrons. The van der Waals surface area contributed by atoms with Gasteiger partial charge in [-0.25, -0.2) is 4.79 Å². The van der Waals surface area contributed by atoms with Gasteiger partial charge in [0.15, 0.2) is 0 Å². The summed E-state index contributed by atoms with van der Waals surface area (Å²) < 4.78 is 17.7. The minimum Gasteiger partial charge on any atom is -0.497 e. The average molecular weight is 472 g/mol. The average Bonchev–Trinajstić information content (AvgIpc) is 2.90. The molecule has 0 aliphatic carbocycles. The Morgan fingerprint density at radius 2 is 1.09 bits per heavy atom. The highest BCUT2D eigenvalue weighted by Gasteiger charge is 2.37. The minimum absolute atomic E-state index is 0.341. The summed E-state index contributed by atoms with van der Waals surface area (Å²) in [7, 11) is 6.61. The van der Waals surface area contributed by atoms with Crippen LogP contribution in [0.4, 0.5) is 5.82 Å². The first kappa shape index (κ1) is 23.9. The number of nitrogens with one attached hydrogen (secondary N) is 1. The minimum atomic E-state index is -0.894. The van der Waals surface area contributed by atoms with Gasteiger partial charge in [0.1, 0.15) is 28.6 Å². The molecule has 4 rings (SSSR count). The molecule has 0 aliphatic heterocycles. The number of methoxy groups -OCH3 is 3. The second-order valence-corrected chi connectivity index (χ2v) is 8.23. The molecule has 0 saturated heterocycles.